The zero-order chi connectivity index (χ0) is 20.7. The molecule has 2 aliphatic heterocycles. The number of benzene rings is 1. The van der Waals surface area contributed by atoms with Crippen LogP contribution in [0.5, 0.6) is 5.75 Å². The molecule has 1 unspecified atom stereocenters. The summed E-state index contributed by atoms with van der Waals surface area (Å²) in [6.07, 6.45) is 8.39. The first-order chi connectivity index (χ1) is 14.6. The lowest BCUT2D eigenvalue weighted by Crippen LogP contribution is -2.47. The number of phenols is 1. The molecule has 4 heterocycles. The third-order valence-electron chi connectivity index (χ3n) is 6.40. The van der Waals surface area contributed by atoms with Crippen LogP contribution in [0.25, 0.3) is 22.4 Å². The number of nitrogens with one attached hydrogen (secondary N) is 1. The monoisotopic (exact) mass is 402 g/mol. The van der Waals surface area contributed by atoms with Gasteiger partial charge in [0.25, 0.3) is 0 Å². The molecule has 3 atom stereocenters. The van der Waals surface area contributed by atoms with Crippen molar-refractivity contribution < 1.29 is 5.11 Å². The minimum Gasteiger partial charge on any atom is -0.507 e. The highest BCUT2D eigenvalue weighted by Crippen LogP contribution is 2.34. The molecule has 2 saturated heterocycles. The molecule has 0 amide bonds. The largest absolute Gasteiger partial charge is 0.507 e. The van der Waals surface area contributed by atoms with Gasteiger partial charge in [0.15, 0.2) is 5.82 Å². The number of hydrogen-bond acceptors (Lipinski definition) is 7. The molecule has 3 aromatic rings. The van der Waals surface area contributed by atoms with E-state index in [1.807, 2.05) is 31.2 Å². The fourth-order valence-corrected chi connectivity index (χ4v) is 4.66. The van der Waals surface area contributed by atoms with Crippen molar-refractivity contribution in [2.75, 3.05) is 11.9 Å². The van der Waals surface area contributed by atoms with Crippen molar-refractivity contribution in [2.45, 2.75) is 50.7 Å². The van der Waals surface area contributed by atoms with Gasteiger partial charge in [-0.2, -0.15) is 0 Å². The number of fused-ring (bicyclic) bond motifs is 2. The minimum absolute atomic E-state index is 0.165. The zero-order valence-electron chi connectivity index (χ0n) is 17.3. The van der Waals surface area contributed by atoms with E-state index in [4.69, 9.17) is 0 Å². The van der Waals surface area contributed by atoms with Gasteiger partial charge in [0.2, 0.25) is 0 Å². The first kappa shape index (κ1) is 18.9. The number of aromatic nitrogens is 4. The van der Waals surface area contributed by atoms with Gasteiger partial charge in [-0.1, -0.05) is 6.07 Å². The molecular formula is C23H26N6O. The lowest BCUT2D eigenvalue weighted by molar-refractivity contribution is 0.353. The van der Waals surface area contributed by atoms with E-state index in [1.54, 1.807) is 18.5 Å². The van der Waals surface area contributed by atoms with Crippen molar-refractivity contribution >= 4 is 5.82 Å². The summed E-state index contributed by atoms with van der Waals surface area (Å²) in [7, 11) is 2.11. The van der Waals surface area contributed by atoms with Crippen LogP contribution in [0.1, 0.15) is 31.5 Å². The van der Waals surface area contributed by atoms with Crippen LogP contribution in [-0.2, 0) is 0 Å². The third-order valence-corrected chi connectivity index (χ3v) is 6.40. The Hall–Kier alpha value is -3.06. The van der Waals surface area contributed by atoms with Crippen molar-refractivity contribution in [3.63, 3.8) is 0 Å². The first-order valence-electron chi connectivity index (χ1n) is 10.5. The van der Waals surface area contributed by atoms with Crippen LogP contribution >= 0.6 is 0 Å². The molecular weight excluding hydrogens is 376 g/mol. The van der Waals surface area contributed by atoms with Gasteiger partial charge in [0, 0.05) is 48.7 Å². The Kier molecular flexibility index (Phi) is 4.83. The predicted octanol–water partition coefficient (Wildman–Crippen LogP) is 3.33. The van der Waals surface area contributed by atoms with Gasteiger partial charge in [-0.25, -0.2) is 9.97 Å². The van der Waals surface area contributed by atoms with Crippen LogP contribution < -0.4 is 10.2 Å². The highest BCUT2D eigenvalue weighted by atomic mass is 16.3. The molecule has 0 radical (unpaired) electrons. The van der Waals surface area contributed by atoms with Crippen molar-refractivity contribution in [2.24, 2.45) is 0 Å². The zero-order valence-corrected chi connectivity index (χ0v) is 17.3. The summed E-state index contributed by atoms with van der Waals surface area (Å²) in [6.45, 7) is 1.85. The molecule has 0 aliphatic carbocycles. The summed E-state index contributed by atoms with van der Waals surface area (Å²) in [4.78, 5) is 10.7. The number of aryl methyl sites for hydroxylation is 1. The van der Waals surface area contributed by atoms with Crippen LogP contribution in [0.2, 0.25) is 0 Å². The molecule has 0 spiro atoms. The minimum atomic E-state index is 0.165. The number of aromatic hydroxyl groups is 1. The van der Waals surface area contributed by atoms with E-state index >= 15 is 0 Å². The second kappa shape index (κ2) is 7.65. The van der Waals surface area contributed by atoms with E-state index in [9.17, 15) is 5.11 Å². The van der Waals surface area contributed by atoms with Crippen molar-refractivity contribution in [1.29, 1.82) is 0 Å². The Morgan fingerprint density at radius 3 is 2.33 bits per heavy atom. The Bertz CT molecular complexity index is 1020. The SMILES string of the molecule is Cc1ncc(-c2ccc(-c3ccc(N(C)[C@H]4CC5CC[C@H](C4)N5)nn3)c(O)c2)cn1. The Morgan fingerprint density at radius 2 is 1.70 bits per heavy atom. The fourth-order valence-electron chi connectivity index (χ4n) is 4.66. The maximum atomic E-state index is 10.6. The average Bonchev–Trinajstić information content (AvgIpc) is 3.11. The number of piperidine rings is 1. The highest BCUT2D eigenvalue weighted by Gasteiger charge is 2.35. The average molecular weight is 403 g/mol. The number of phenolic OH excluding ortho intramolecular Hbond substituents is 1. The molecule has 2 bridgehead atoms. The summed E-state index contributed by atoms with van der Waals surface area (Å²) in [5.74, 6) is 1.76. The topological polar surface area (TPSA) is 87.1 Å². The van der Waals surface area contributed by atoms with E-state index in [1.165, 1.54) is 12.8 Å². The summed E-state index contributed by atoms with van der Waals surface area (Å²) < 4.78 is 0. The van der Waals surface area contributed by atoms with Gasteiger partial charge in [0.1, 0.15) is 11.6 Å². The summed E-state index contributed by atoms with van der Waals surface area (Å²) in [5.41, 5.74) is 3.04. The molecule has 154 valence electrons. The Morgan fingerprint density at radius 1 is 0.967 bits per heavy atom. The van der Waals surface area contributed by atoms with Gasteiger partial charge in [-0.05, 0) is 62.4 Å². The lowest BCUT2D eigenvalue weighted by Gasteiger charge is -2.36. The normalized spacial score (nSPS) is 22.8. The standard InChI is InChI=1S/C23H26N6O/c1-14-24-12-16(13-25-14)15-3-6-20(22(30)9-15)21-7-8-23(28-27-21)29(2)19-10-17-4-5-18(11-19)26-17/h3,6-9,12-13,17-19,26,30H,4-5,10-11H2,1-2H3/t17-,18?,19-/m1/s1. The first-order valence-corrected chi connectivity index (χ1v) is 10.5. The van der Waals surface area contributed by atoms with E-state index in [2.05, 4.69) is 37.4 Å². The molecule has 5 rings (SSSR count). The van der Waals surface area contributed by atoms with Crippen LogP contribution in [-0.4, -0.2) is 50.4 Å². The van der Waals surface area contributed by atoms with Crippen LogP contribution in [0.15, 0.2) is 42.7 Å². The number of rotatable bonds is 4. The molecule has 0 saturated carbocycles. The van der Waals surface area contributed by atoms with Gasteiger partial charge >= 0.3 is 0 Å². The molecule has 7 nitrogen and oxygen atoms in total. The highest BCUT2D eigenvalue weighted by molar-refractivity contribution is 5.73. The summed E-state index contributed by atoms with van der Waals surface area (Å²) in [6, 6.07) is 11.2. The van der Waals surface area contributed by atoms with Crippen molar-refractivity contribution in [3.8, 4) is 28.1 Å². The number of nitrogens with zero attached hydrogens (tertiary/aromatic N) is 5. The van der Waals surface area contributed by atoms with E-state index < -0.39 is 0 Å². The van der Waals surface area contributed by atoms with Gasteiger partial charge in [0.05, 0.1) is 5.69 Å². The second-order valence-corrected chi connectivity index (χ2v) is 8.40. The molecule has 7 heteroatoms. The lowest BCUT2D eigenvalue weighted by atomic mass is 9.98. The van der Waals surface area contributed by atoms with Gasteiger partial charge in [-0.15, -0.1) is 10.2 Å². The quantitative estimate of drug-likeness (QED) is 0.692. The molecule has 2 aromatic heterocycles. The third kappa shape index (κ3) is 3.61. The summed E-state index contributed by atoms with van der Waals surface area (Å²) >= 11 is 0. The fraction of sp³-hybridized carbons (Fsp3) is 0.391. The number of anilines is 1. The molecule has 2 fully saturated rings. The van der Waals surface area contributed by atoms with E-state index in [0.29, 0.717) is 29.4 Å². The second-order valence-electron chi connectivity index (χ2n) is 8.40. The van der Waals surface area contributed by atoms with Crippen molar-refractivity contribution in [1.82, 2.24) is 25.5 Å². The Balaban J connectivity index is 1.34. The smallest absolute Gasteiger partial charge is 0.151 e. The van der Waals surface area contributed by atoms with Crippen LogP contribution in [0.3, 0.4) is 0 Å². The van der Waals surface area contributed by atoms with Gasteiger partial charge < -0.3 is 15.3 Å². The van der Waals surface area contributed by atoms with Crippen LogP contribution in [0, 0.1) is 6.92 Å². The van der Waals surface area contributed by atoms with Crippen LogP contribution in [0.4, 0.5) is 5.82 Å². The number of hydrogen-bond donors (Lipinski definition) is 2. The Labute approximate surface area is 176 Å². The van der Waals surface area contributed by atoms with Crippen molar-refractivity contribution in [3.05, 3.63) is 48.5 Å². The maximum absolute atomic E-state index is 10.6. The molecule has 2 N–H and O–H groups in total. The predicted molar refractivity (Wildman–Crippen MR) is 116 cm³/mol. The van der Waals surface area contributed by atoms with Gasteiger partial charge in [-0.3, -0.25) is 0 Å². The van der Waals surface area contributed by atoms with E-state index in [0.717, 1.165) is 35.6 Å². The molecule has 1 aromatic carbocycles. The van der Waals surface area contributed by atoms with E-state index in [-0.39, 0.29) is 5.75 Å². The summed E-state index contributed by atoms with van der Waals surface area (Å²) in [5, 5.41) is 23.1. The molecule has 30 heavy (non-hydrogen) atoms. The molecule has 2 aliphatic rings. The maximum Gasteiger partial charge on any atom is 0.151 e.